The molecule has 0 bridgehead atoms. The Morgan fingerprint density at radius 3 is 1.23 bits per heavy atom. The van der Waals surface area contributed by atoms with Crippen LogP contribution in [0, 0.1) is 0 Å². The van der Waals surface area contributed by atoms with E-state index in [0.717, 1.165) is 11.4 Å². The molecular formula is C87H82BN3. The first-order chi connectivity index (χ1) is 43.3. The lowest BCUT2D eigenvalue weighted by Crippen LogP contribution is -2.62. The first-order valence-electron chi connectivity index (χ1n) is 33.1. The van der Waals surface area contributed by atoms with E-state index in [9.17, 15) is 0 Å². The van der Waals surface area contributed by atoms with Gasteiger partial charge in [0.1, 0.15) is 0 Å². The number of hydrogen-bond acceptors (Lipinski definition) is 2. The molecule has 16 rings (SSSR count). The average molecular weight is 1180 g/mol. The van der Waals surface area contributed by atoms with E-state index in [1.807, 2.05) is 0 Å². The van der Waals surface area contributed by atoms with Crippen LogP contribution in [0.15, 0.2) is 224 Å². The highest BCUT2D eigenvalue weighted by molar-refractivity contribution is 7.00. The molecule has 0 N–H and O–H groups in total. The van der Waals surface area contributed by atoms with Gasteiger partial charge in [-0.25, -0.2) is 0 Å². The third-order valence-electron chi connectivity index (χ3n) is 21.0. The summed E-state index contributed by atoms with van der Waals surface area (Å²) in [6.45, 7) is 35.0. The van der Waals surface area contributed by atoms with E-state index in [1.54, 1.807) is 0 Å². The minimum atomic E-state index is -0.647. The second-order valence-electron chi connectivity index (χ2n) is 31.8. The lowest BCUT2D eigenvalue weighted by atomic mass is 9.33. The fraction of sp³-hybridized carbons (Fsp3) is 0.241. The fourth-order valence-corrected chi connectivity index (χ4v) is 16.1. The maximum absolute atomic E-state index is 2.75. The molecule has 2 aliphatic heterocycles. The molecule has 3 heterocycles. The maximum atomic E-state index is 2.75. The summed E-state index contributed by atoms with van der Waals surface area (Å²) in [5.41, 5.74) is 33.0. The lowest BCUT2D eigenvalue weighted by molar-refractivity contribution is 0.590. The molecule has 0 radical (unpaired) electrons. The Morgan fingerprint density at radius 1 is 0.308 bits per heavy atom. The summed E-state index contributed by atoms with van der Waals surface area (Å²) in [4.78, 5) is 5.34. The molecule has 4 aliphatic rings. The number of aromatic nitrogens is 1. The third kappa shape index (κ3) is 8.39. The van der Waals surface area contributed by atoms with E-state index in [0.29, 0.717) is 0 Å². The van der Waals surface area contributed by atoms with Crippen molar-refractivity contribution in [1.82, 2.24) is 4.57 Å². The summed E-state index contributed by atoms with van der Waals surface area (Å²) >= 11 is 0. The largest absolute Gasteiger partial charge is 0.311 e. The van der Waals surface area contributed by atoms with Gasteiger partial charge in [-0.3, -0.25) is 0 Å². The van der Waals surface area contributed by atoms with Crippen molar-refractivity contribution in [2.45, 2.75) is 136 Å². The molecule has 0 saturated heterocycles. The van der Waals surface area contributed by atoms with Crippen LogP contribution in [0.5, 0.6) is 0 Å². The first kappa shape index (κ1) is 57.1. The molecule has 3 nitrogen and oxygen atoms in total. The highest BCUT2D eigenvalue weighted by atomic mass is 15.2. The fourth-order valence-electron chi connectivity index (χ4n) is 16.1. The molecule has 0 amide bonds. The quantitative estimate of drug-likeness (QED) is 0.163. The van der Waals surface area contributed by atoms with Gasteiger partial charge in [0.2, 0.25) is 0 Å². The van der Waals surface area contributed by atoms with Crippen molar-refractivity contribution < 1.29 is 0 Å². The van der Waals surface area contributed by atoms with Crippen molar-refractivity contribution in [3.63, 3.8) is 0 Å². The van der Waals surface area contributed by atoms with Crippen LogP contribution in [0.2, 0.25) is 0 Å². The van der Waals surface area contributed by atoms with Crippen LogP contribution in [0.3, 0.4) is 0 Å². The van der Waals surface area contributed by atoms with E-state index in [4.69, 9.17) is 0 Å². The van der Waals surface area contributed by atoms with Crippen molar-refractivity contribution in [2.75, 3.05) is 9.80 Å². The number of hydrogen-bond donors (Lipinski definition) is 0. The number of anilines is 6. The zero-order chi connectivity index (χ0) is 63.2. The van der Waals surface area contributed by atoms with Gasteiger partial charge in [0.15, 0.2) is 0 Å². The minimum absolute atomic E-state index is 0.0142. The zero-order valence-corrected chi connectivity index (χ0v) is 55.8. The van der Waals surface area contributed by atoms with Gasteiger partial charge in [-0.1, -0.05) is 262 Å². The number of nitrogens with zero attached hydrogens (tertiary/aromatic N) is 3. The number of fused-ring (bicyclic) bond motifs is 17. The summed E-state index contributed by atoms with van der Waals surface area (Å²) < 4.78 is 2.74. The highest BCUT2D eigenvalue weighted by Gasteiger charge is 2.55. The standard InChI is InChI=1S/C87H82BN3/c1-82(2,3)55-33-40-60(41-34-55)89-75-46-39-59(86(13,14)15)51-71(75)88-72-52-70-78(64-29-21-24-32-69(64)87(70)67-30-22-19-27-62(67)63-28-20-23-31-68(63)87)81(91-73-44-37-57(84(7,8)9)49-65(73)66-50-58(85(10,11)12)38-45-74(66)91)80(72)90(61-42-35-56(36-43-61)83(4,5)6)77-48-54(47-76(89)79(77)88)53-25-17-16-18-26-53/h16-52H,1-15H3. The highest BCUT2D eigenvalue weighted by Crippen LogP contribution is 2.65. The predicted molar refractivity (Wildman–Crippen MR) is 390 cm³/mol. The molecule has 1 spiro atoms. The number of benzene rings is 11. The molecule has 0 atom stereocenters. The predicted octanol–water partition coefficient (Wildman–Crippen LogP) is 21.4. The molecule has 91 heavy (non-hydrogen) atoms. The molecule has 11 aromatic carbocycles. The van der Waals surface area contributed by atoms with E-state index < -0.39 is 5.41 Å². The smallest absolute Gasteiger partial charge is 0.252 e. The van der Waals surface area contributed by atoms with E-state index in [-0.39, 0.29) is 33.8 Å². The third-order valence-corrected chi connectivity index (χ3v) is 21.0. The van der Waals surface area contributed by atoms with Crippen molar-refractivity contribution >= 4 is 79.0 Å². The van der Waals surface area contributed by atoms with Gasteiger partial charge in [-0.15, -0.1) is 0 Å². The van der Waals surface area contributed by atoms with Crippen LogP contribution in [-0.2, 0) is 32.5 Å². The van der Waals surface area contributed by atoms with Crippen LogP contribution in [0.4, 0.5) is 34.1 Å². The second-order valence-corrected chi connectivity index (χ2v) is 31.8. The Bertz CT molecular complexity index is 4890. The normalized spacial score (nSPS) is 14.6. The summed E-state index contributed by atoms with van der Waals surface area (Å²) in [6, 6.07) is 88.5. The Morgan fingerprint density at radius 2 is 0.725 bits per heavy atom. The minimum Gasteiger partial charge on any atom is -0.311 e. The Hall–Kier alpha value is -9.12. The van der Waals surface area contributed by atoms with Crippen LogP contribution in [0.1, 0.15) is 154 Å². The van der Waals surface area contributed by atoms with Crippen molar-refractivity contribution in [1.29, 1.82) is 0 Å². The van der Waals surface area contributed by atoms with E-state index >= 15 is 0 Å². The Balaban J connectivity index is 1.16. The summed E-state index contributed by atoms with van der Waals surface area (Å²) in [6.07, 6.45) is 0. The van der Waals surface area contributed by atoms with Gasteiger partial charge in [0.05, 0.1) is 27.8 Å². The lowest BCUT2D eigenvalue weighted by Gasteiger charge is -2.46. The van der Waals surface area contributed by atoms with E-state index in [1.165, 1.54) is 150 Å². The molecule has 448 valence electrons. The molecule has 0 saturated carbocycles. The van der Waals surface area contributed by atoms with Gasteiger partial charge in [-0.05, 0) is 188 Å². The number of rotatable bonds is 4. The molecule has 0 unspecified atom stereocenters. The molecule has 2 aliphatic carbocycles. The Labute approximate surface area is 540 Å². The topological polar surface area (TPSA) is 11.4 Å². The summed E-state index contributed by atoms with van der Waals surface area (Å²) in [7, 11) is 0. The molecule has 1 aromatic heterocycles. The summed E-state index contributed by atoms with van der Waals surface area (Å²) in [5.74, 6) is 0. The SMILES string of the molecule is CC(C)(C)c1ccc(N2c3ccc(C(C)(C)C)cc3B3c4cc5c(c(-n6c7ccc(C(C)(C)C)cc7c7cc(C(C)(C)C)ccc76)c4N(c4ccc(C(C)(C)C)cc4)c4cc(-c6ccccc6)cc2c43)-c2ccccc2C52c3ccccc3-c3ccccc32)cc1. The van der Waals surface area contributed by atoms with Crippen molar-refractivity contribution in [3.05, 3.63) is 275 Å². The monoisotopic (exact) mass is 1180 g/mol. The zero-order valence-electron chi connectivity index (χ0n) is 55.8. The molecule has 4 heteroatoms. The maximum Gasteiger partial charge on any atom is 0.252 e. The van der Waals surface area contributed by atoms with Crippen LogP contribution in [0.25, 0.3) is 60.9 Å². The molecular weight excluding hydrogens is 1100 g/mol. The van der Waals surface area contributed by atoms with Crippen LogP contribution < -0.4 is 26.2 Å². The average Bonchev–Trinajstić information content (AvgIpc) is 1.59. The second kappa shape index (κ2) is 19.5. The van der Waals surface area contributed by atoms with Crippen molar-refractivity contribution in [2.24, 2.45) is 0 Å². The van der Waals surface area contributed by atoms with Crippen molar-refractivity contribution in [3.8, 4) is 39.1 Å². The van der Waals surface area contributed by atoms with Crippen LogP contribution >= 0.6 is 0 Å². The van der Waals surface area contributed by atoms with Gasteiger partial charge >= 0.3 is 0 Å². The molecule has 12 aromatic rings. The van der Waals surface area contributed by atoms with Gasteiger partial charge in [0.25, 0.3) is 6.71 Å². The Kier molecular flexibility index (Phi) is 12.2. The van der Waals surface area contributed by atoms with Gasteiger partial charge in [-0.2, -0.15) is 0 Å². The van der Waals surface area contributed by atoms with Gasteiger partial charge in [0, 0.05) is 44.8 Å². The summed E-state index contributed by atoms with van der Waals surface area (Å²) in [5, 5.41) is 2.55. The van der Waals surface area contributed by atoms with E-state index in [2.05, 4.69) is 343 Å². The van der Waals surface area contributed by atoms with Gasteiger partial charge < -0.3 is 14.4 Å². The molecule has 0 fully saturated rings. The first-order valence-corrected chi connectivity index (χ1v) is 33.1. The van der Waals surface area contributed by atoms with Crippen LogP contribution in [-0.4, -0.2) is 11.3 Å².